The van der Waals surface area contributed by atoms with Crippen molar-refractivity contribution < 1.29 is 4.74 Å². The Bertz CT molecular complexity index is 546. The molecule has 2 heteroatoms. The molecule has 0 amide bonds. The van der Waals surface area contributed by atoms with Crippen LogP contribution in [0.2, 0.25) is 0 Å². The smallest absolute Gasteiger partial charge is 0.120 e. The van der Waals surface area contributed by atoms with Crippen LogP contribution in [-0.2, 0) is 13.2 Å². The molecule has 2 aromatic rings. The Kier molecular flexibility index (Phi) is 5.19. The molecule has 0 saturated carbocycles. The SMILES string of the molecule is CCNCc1ccc(COc2ccc(C)c(C)c2)cc1. The fourth-order valence-electron chi connectivity index (χ4n) is 1.99. The van der Waals surface area contributed by atoms with Crippen LogP contribution in [0.15, 0.2) is 42.5 Å². The molecule has 0 aromatic heterocycles. The van der Waals surface area contributed by atoms with Gasteiger partial charge in [-0.15, -0.1) is 0 Å². The summed E-state index contributed by atoms with van der Waals surface area (Å²) in [5.41, 5.74) is 5.07. The molecule has 2 nitrogen and oxygen atoms in total. The first-order valence-corrected chi connectivity index (χ1v) is 7.17. The number of benzene rings is 2. The first-order chi connectivity index (χ1) is 9.69. The second-order valence-corrected chi connectivity index (χ2v) is 5.13. The van der Waals surface area contributed by atoms with Gasteiger partial charge in [0.05, 0.1) is 0 Å². The van der Waals surface area contributed by atoms with Gasteiger partial charge >= 0.3 is 0 Å². The number of aryl methyl sites for hydroxylation is 2. The molecule has 0 bridgehead atoms. The van der Waals surface area contributed by atoms with E-state index in [9.17, 15) is 0 Å². The highest BCUT2D eigenvalue weighted by atomic mass is 16.5. The summed E-state index contributed by atoms with van der Waals surface area (Å²) in [4.78, 5) is 0. The first kappa shape index (κ1) is 14.6. The fourth-order valence-corrected chi connectivity index (χ4v) is 1.99. The summed E-state index contributed by atoms with van der Waals surface area (Å²) in [6.45, 7) is 8.88. The van der Waals surface area contributed by atoms with Crippen molar-refractivity contribution in [1.82, 2.24) is 5.32 Å². The third kappa shape index (κ3) is 4.10. The van der Waals surface area contributed by atoms with Crippen LogP contribution in [0.3, 0.4) is 0 Å². The zero-order valence-electron chi connectivity index (χ0n) is 12.6. The number of ether oxygens (including phenoxy) is 1. The molecule has 0 atom stereocenters. The normalized spacial score (nSPS) is 10.6. The molecule has 0 spiro atoms. The van der Waals surface area contributed by atoms with Crippen molar-refractivity contribution in [3.8, 4) is 5.75 Å². The average Bonchev–Trinajstić information content (AvgIpc) is 2.47. The average molecular weight is 269 g/mol. The van der Waals surface area contributed by atoms with Crippen LogP contribution in [0, 0.1) is 13.8 Å². The lowest BCUT2D eigenvalue weighted by molar-refractivity contribution is 0.306. The van der Waals surface area contributed by atoms with E-state index in [4.69, 9.17) is 4.74 Å². The number of hydrogen-bond donors (Lipinski definition) is 1. The highest BCUT2D eigenvalue weighted by Crippen LogP contribution is 2.18. The molecule has 2 aromatic carbocycles. The molecule has 0 radical (unpaired) electrons. The summed E-state index contributed by atoms with van der Waals surface area (Å²) < 4.78 is 5.83. The van der Waals surface area contributed by atoms with E-state index in [0.717, 1.165) is 18.8 Å². The van der Waals surface area contributed by atoms with E-state index >= 15 is 0 Å². The van der Waals surface area contributed by atoms with Gasteiger partial charge in [0.25, 0.3) is 0 Å². The second-order valence-electron chi connectivity index (χ2n) is 5.13. The van der Waals surface area contributed by atoms with Crippen molar-refractivity contribution in [3.63, 3.8) is 0 Å². The Morgan fingerprint density at radius 3 is 2.25 bits per heavy atom. The van der Waals surface area contributed by atoms with Crippen molar-refractivity contribution in [2.45, 2.75) is 33.9 Å². The molecular weight excluding hydrogens is 246 g/mol. The molecule has 0 saturated heterocycles. The van der Waals surface area contributed by atoms with Crippen LogP contribution in [0.25, 0.3) is 0 Å². The lowest BCUT2D eigenvalue weighted by atomic mass is 10.1. The van der Waals surface area contributed by atoms with Crippen LogP contribution < -0.4 is 10.1 Å². The molecule has 106 valence electrons. The summed E-state index contributed by atoms with van der Waals surface area (Å²) in [5, 5.41) is 3.32. The van der Waals surface area contributed by atoms with E-state index in [1.54, 1.807) is 0 Å². The summed E-state index contributed by atoms with van der Waals surface area (Å²) in [5.74, 6) is 0.935. The predicted molar refractivity (Wildman–Crippen MR) is 84.1 cm³/mol. The highest BCUT2D eigenvalue weighted by Gasteiger charge is 1.99. The fraction of sp³-hybridized carbons (Fsp3) is 0.333. The summed E-state index contributed by atoms with van der Waals surface area (Å²) in [6, 6.07) is 14.8. The number of hydrogen-bond acceptors (Lipinski definition) is 2. The lowest BCUT2D eigenvalue weighted by Crippen LogP contribution is -2.11. The minimum absolute atomic E-state index is 0.615. The minimum Gasteiger partial charge on any atom is -0.489 e. The third-order valence-electron chi connectivity index (χ3n) is 3.49. The highest BCUT2D eigenvalue weighted by molar-refractivity contribution is 5.34. The minimum atomic E-state index is 0.615. The van der Waals surface area contributed by atoms with Gasteiger partial charge in [-0.3, -0.25) is 0 Å². The van der Waals surface area contributed by atoms with Crippen LogP contribution in [0.1, 0.15) is 29.2 Å². The molecule has 0 aliphatic rings. The molecule has 20 heavy (non-hydrogen) atoms. The summed E-state index contributed by atoms with van der Waals surface area (Å²) in [7, 11) is 0. The molecule has 0 unspecified atom stereocenters. The monoisotopic (exact) mass is 269 g/mol. The Morgan fingerprint density at radius 2 is 1.60 bits per heavy atom. The topological polar surface area (TPSA) is 21.3 Å². The van der Waals surface area contributed by atoms with Gasteiger partial charge in [-0.05, 0) is 54.8 Å². The van der Waals surface area contributed by atoms with Crippen LogP contribution >= 0.6 is 0 Å². The van der Waals surface area contributed by atoms with Gasteiger partial charge in [-0.25, -0.2) is 0 Å². The van der Waals surface area contributed by atoms with E-state index in [-0.39, 0.29) is 0 Å². The van der Waals surface area contributed by atoms with Crippen molar-refractivity contribution >= 4 is 0 Å². The van der Waals surface area contributed by atoms with Gasteiger partial charge in [0.2, 0.25) is 0 Å². The van der Waals surface area contributed by atoms with Gasteiger partial charge in [0.15, 0.2) is 0 Å². The summed E-state index contributed by atoms with van der Waals surface area (Å²) >= 11 is 0. The maximum absolute atomic E-state index is 5.83. The van der Waals surface area contributed by atoms with Gasteiger partial charge < -0.3 is 10.1 Å². The van der Waals surface area contributed by atoms with Crippen molar-refractivity contribution in [3.05, 3.63) is 64.7 Å². The van der Waals surface area contributed by atoms with E-state index in [0.29, 0.717) is 6.61 Å². The zero-order valence-corrected chi connectivity index (χ0v) is 12.6. The van der Waals surface area contributed by atoms with Crippen molar-refractivity contribution in [2.75, 3.05) is 6.54 Å². The van der Waals surface area contributed by atoms with Gasteiger partial charge in [-0.1, -0.05) is 37.3 Å². The second kappa shape index (κ2) is 7.11. The van der Waals surface area contributed by atoms with E-state index in [1.165, 1.54) is 22.3 Å². The third-order valence-corrected chi connectivity index (χ3v) is 3.49. The Hall–Kier alpha value is -1.80. The van der Waals surface area contributed by atoms with Gasteiger partial charge in [0, 0.05) is 6.54 Å². The van der Waals surface area contributed by atoms with Crippen molar-refractivity contribution in [2.24, 2.45) is 0 Å². The molecule has 2 rings (SSSR count). The number of nitrogens with one attached hydrogen (secondary N) is 1. The van der Waals surface area contributed by atoms with Crippen LogP contribution in [-0.4, -0.2) is 6.54 Å². The van der Waals surface area contributed by atoms with E-state index in [2.05, 4.69) is 62.5 Å². The van der Waals surface area contributed by atoms with Crippen LogP contribution in [0.5, 0.6) is 5.75 Å². The molecular formula is C18H23NO. The first-order valence-electron chi connectivity index (χ1n) is 7.17. The Morgan fingerprint density at radius 1 is 0.900 bits per heavy atom. The molecule has 0 aliphatic heterocycles. The van der Waals surface area contributed by atoms with Crippen LogP contribution in [0.4, 0.5) is 0 Å². The van der Waals surface area contributed by atoms with Gasteiger partial charge in [-0.2, -0.15) is 0 Å². The molecule has 1 N–H and O–H groups in total. The number of rotatable bonds is 6. The Labute approximate surface area is 121 Å². The molecule has 0 aliphatic carbocycles. The summed E-state index contributed by atoms with van der Waals surface area (Å²) in [6.07, 6.45) is 0. The lowest BCUT2D eigenvalue weighted by Gasteiger charge is -2.09. The molecule has 0 fully saturated rings. The van der Waals surface area contributed by atoms with Gasteiger partial charge in [0.1, 0.15) is 12.4 Å². The van der Waals surface area contributed by atoms with E-state index < -0.39 is 0 Å². The Balaban J connectivity index is 1.91. The van der Waals surface area contributed by atoms with E-state index in [1.807, 2.05) is 6.07 Å². The quantitative estimate of drug-likeness (QED) is 0.856. The largest absolute Gasteiger partial charge is 0.489 e. The predicted octanol–water partition coefficient (Wildman–Crippen LogP) is 3.99. The maximum atomic E-state index is 5.83. The standard InChI is InChI=1S/C18H23NO/c1-4-19-12-16-6-8-17(9-7-16)13-20-18-10-5-14(2)15(3)11-18/h5-11,19H,4,12-13H2,1-3H3. The zero-order chi connectivity index (χ0) is 14.4. The van der Waals surface area contributed by atoms with Crippen molar-refractivity contribution in [1.29, 1.82) is 0 Å². The molecule has 0 heterocycles. The maximum Gasteiger partial charge on any atom is 0.120 e.